The van der Waals surface area contributed by atoms with Crippen LogP contribution in [-0.4, -0.2) is 10.7 Å². The van der Waals surface area contributed by atoms with E-state index in [0.29, 0.717) is 0 Å². The number of allylic oxidation sites excluding steroid dienone is 4. The van der Waals surface area contributed by atoms with Gasteiger partial charge in [-0.15, -0.1) is 0 Å². The first-order chi connectivity index (χ1) is 5.49. The largest absolute Gasteiger partial charge is 0.378 e. The van der Waals surface area contributed by atoms with Crippen LogP contribution in [0.1, 0.15) is 27.7 Å². The van der Waals surface area contributed by atoms with Crippen LogP contribution in [0, 0.1) is 11.8 Å². The van der Waals surface area contributed by atoms with Crippen LogP contribution < -0.4 is 0 Å². The van der Waals surface area contributed by atoms with Crippen LogP contribution in [0.2, 0.25) is 0 Å². The highest BCUT2D eigenvalue weighted by molar-refractivity contribution is 5.38. The lowest BCUT2D eigenvalue weighted by Gasteiger charge is -2.05. The number of hydrogen-bond donors (Lipinski definition) is 1. The van der Waals surface area contributed by atoms with Gasteiger partial charge in [-0.1, -0.05) is 30.1 Å². The van der Waals surface area contributed by atoms with Gasteiger partial charge in [-0.2, -0.15) is 0 Å². The fourth-order valence-corrected chi connectivity index (χ4v) is 0.615. The molecule has 0 unspecified atom stereocenters. The highest BCUT2D eigenvalue weighted by Gasteiger charge is 2.05. The Morgan fingerprint density at radius 1 is 1.33 bits per heavy atom. The fourth-order valence-electron chi connectivity index (χ4n) is 0.615. The van der Waals surface area contributed by atoms with E-state index in [-0.39, 0.29) is 0 Å². The van der Waals surface area contributed by atoms with E-state index in [9.17, 15) is 5.11 Å². The Morgan fingerprint density at radius 2 is 1.92 bits per heavy atom. The smallest absolute Gasteiger partial charge is 0.120 e. The van der Waals surface area contributed by atoms with Crippen LogP contribution in [0.15, 0.2) is 23.8 Å². The van der Waals surface area contributed by atoms with Gasteiger partial charge in [-0.05, 0) is 27.7 Å². The van der Waals surface area contributed by atoms with Gasteiger partial charge in [0, 0.05) is 5.57 Å². The van der Waals surface area contributed by atoms with E-state index in [1.54, 1.807) is 13.8 Å². The van der Waals surface area contributed by atoms with Crippen molar-refractivity contribution in [2.75, 3.05) is 0 Å². The van der Waals surface area contributed by atoms with Crippen molar-refractivity contribution in [1.29, 1.82) is 0 Å². The summed E-state index contributed by atoms with van der Waals surface area (Å²) in [6.45, 7) is 7.20. The molecule has 0 aliphatic rings. The SMILES string of the molecule is CC=CC(C#CC(C)(C)O)=CC. The molecule has 0 spiro atoms. The summed E-state index contributed by atoms with van der Waals surface area (Å²) in [7, 11) is 0. The highest BCUT2D eigenvalue weighted by atomic mass is 16.3. The molecular formula is C11H16O. The number of hydrogen-bond acceptors (Lipinski definition) is 1. The molecule has 0 aliphatic carbocycles. The van der Waals surface area contributed by atoms with Crippen molar-refractivity contribution < 1.29 is 5.11 Å². The maximum Gasteiger partial charge on any atom is 0.120 e. The molecule has 66 valence electrons. The molecule has 12 heavy (non-hydrogen) atoms. The van der Waals surface area contributed by atoms with Crippen LogP contribution in [0.4, 0.5) is 0 Å². The Kier molecular flexibility index (Phi) is 4.39. The average Bonchev–Trinajstić information content (AvgIpc) is 1.96. The van der Waals surface area contributed by atoms with Crippen LogP contribution in [0.25, 0.3) is 0 Å². The van der Waals surface area contributed by atoms with Gasteiger partial charge in [-0.3, -0.25) is 0 Å². The predicted molar refractivity (Wildman–Crippen MR) is 52.6 cm³/mol. The van der Waals surface area contributed by atoms with Gasteiger partial charge in [-0.25, -0.2) is 0 Å². The third kappa shape index (κ3) is 5.76. The third-order valence-electron chi connectivity index (χ3n) is 1.17. The van der Waals surface area contributed by atoms with E-state index in [4.69, 9.17) is 0 Å². The second-order valence-corrected chi connectivity index (χ2v) is 3.05. The van der Waals surface area contributed by atoms with E-state index in [1.807, 2.05) is 32.1 Å². The van der Waals surface area contributed by atoms with Gasteiger partial charge in [0.2, 0.25) is 0 Å². The molecule has 0 saturated carbocycles. The molecule has 0 bridgehead atoms. The Bertz CT molecular complexity index is 240. The molecule has 0 saturated heterocycles. The monoisotopic (exact) mass is 164 g/mol. The first kappa shape index (κ1) is 11.0. The first-order valence-electron chi connectivity index (χ1n) is 4.04. The van der Waals surface area contributed by atoms with E-state index in [1.165, 1.54) is 0 Å². The zero-order valence-corrected chi connectivity index (χ0v) is 8.18. The normalized spacial score (nSPS) is 12.9. The van der Waals surface area contributed by atoms with Crippen LogP contribution >= 0.6 is 0 Å². The molecule has 0 aliphatic heterocycles. The summed E-state index contributed by atoms with van der Waals surface area (Å²) in [5.74, 6) is 5.63. The quantitative estimate of drug-likeness (QED) is 0.465. The highest BCUT2D eigenvalue weighted by Crippen LogP contribution is 2.00. The molecule has 1 heteroatoms. The molecule has 0 atom stereocenters. The van der Waals surface area contributed by atoms with Gasteiger partial charge in [0.1, 0.15) is 5.60 Å². The molecule has 0 fully saturated rings. The summed E-state index contributed by atoms with van der Waals surface area (Å²) in [5, 5.41) is 9.31. The Balaban J connectivity index is 4.48. The molecule has 0 radical (unpaired) electrons. The van der Waals surface area contributed by atoms with Gasteiger partial charge >= 0.3 is 0 Å². The van der Waals surface area contributed by atoms with Crippen molar-refractivity contribution in [3.05, 3.63) is 23.8 Å². The zero-order valence-electron chi connectivity index (χ0n) is 8.18. The Hall–Kier alpha value is -1.00. The minimum Gasteiger partial charge on any atom is -0.378 e. The molecule has 0 heterocycles. The van der Waals surface area contributed by atoms with Gasteiger partial charge in [0.05, 0.1) is 0 Å². The number of aliphatic hydroxyl groups is 1. The standard InChI is InChI=1S/C11H16O/c1-5-7-10(6-2)8-9-11(3,4)12/h5-7,12H,1-4H3. The van der Waals surface area contributed by atoms with Crippen molar-refractivity contribution in [2.45, 2.75) is 33.3 Å². The van der Waals surface area contributed by atoms with Crippen LogP contribution in [0.5, 0.6) is 0 Å². The van der Waals surface area contributed by atoms with Gasteiger partial charge in [0.15, 0.2) is 0 Å². The summed E-state index contributed by atoms with van der Waals surface area (Å²) in [5.41, 5.74) is 0.0233. The molecule has 1 nitrogen and oxygen atoms in total. The minimum absolute atomic E-state index is 0.907. The summed E-state index contributed by atoms with van der Waals surface area (Å²) in [4.78, 5) is 0. The van der Waals surface area contributed by atoms with Gasteiger partial charge < -0.3 is 5.11 Å². The lowest BCUT2D eigenvalue weighted by atomic mass is 10.1. The van der Waals surface area contributed by atoms with E-state index in [0.717, 1.165) is 5.57 Å². The molecule has 0 aromatic rings. The zero-order chi connectivity index (χ0) is 9.61. The van der Waals surface area contributed by atoms with Crippen molar-refractivity contribution in [3.8, 4) is 11.8 Å². The minimum atomic E-state index is -0.907. The second kappa shape index (κ2) is 4.79. The first-order valence-corrected chi connectivity index (χ1v) is 4.04. The second-order valence-electron chi connectivity index (χ2n) is 3.05. The van der Waals surface area contributed by atoms with E-state index >= 15 is 0 Å². The van der Waals surface area contributed by atoms with Crippen molar-refractivity contribution in [3.63, 3.8) is 0 Å². The molecule has 0 aromatic heterocycles. The predicted octanol–water partition coefficient (Wildman–Crippen LogP) is 2.28. The molecule has 0 aromatic carbocycles. The molecule has 0 amide bonds. The summed E-state index contributed by atoms with van der Waals surface area (Å²) < 4.78 is 0. The van der Waals surface area contributed by atoms with Crippen LogP contribution in [-0.2, 0) is 0 Å². The maximum atomic E-state index is 9.31. The van der Waals surface area contributed by atoms with Crippen molar-refractivity contribution in [1.82, 2.24) is 0 Å². The molecule has 0 rings (SSSR count). The lowest BCUT2D eigenvalue weighted by Crippen LogP contribution is -2.14. The summed E-state index contributed by atoms with van der Waals surface area (Å²) in [6, 6.07) is 0. The summed E-state index contributed by atoms with van der Waals surface area (Å²) in [6.07, 6.45) is 5.76. The van der Waals surface area contributed by atoms with Crippen molar-refractivity contribution in [2.24, 2.45) is 0 Å². The Labute approximate surface area is 74.8 Å². The van der Waals surface area contributed by atoms with Crippen LogP contribution in [0.3, 0.4) is 0 Å². The Morgan fingerprint density at radius 3 is 2.25 bits per heavy atom. The average molecular weight is 164 g/mol. The third-order valence-corrected chi connectivity index (χ3v) is 1.17. The number of rotatable bonds is 1. The topological polar surface area (TPSA) is 20.2 Å². The summed E-state index contributed by atoms with van der Waals surface area (Å²) >= 11 is 0. The fraction of sp³-hybridized carbons (Fsp3) is 0.455. The van der Waals surface area contributed by atoms with Crippen molar-refractivity contribution >= 4 is 0 Å². The maximum absolute atomic E-state index is 9.31. The van der Waals surface area contributed by atoms with Gasteiger partial charge in [0.25, 0.3) is 0 Å². The van der Waals surface area contributed by atoms with E-state index < -0.39 is 5.60 Å². The molecular weight excluding hydrogens is 148 g/mol. The van der Waals surface area contributed by atoms with E-state index in [2.05, 4.69) is 11.8 Å². The lowest BCUT2D eigenvalue weighted by molar-refractivity contribution is 0.143. The molecule has 1 N–H and O–H groups in total.